The number of nitrogens with one attached hydrogen (secondary N) is 2. The van der Waals surface area contributed by atoms with Crippen molar-refractivity contribution in [3.63, 3.8) is 0 Å². The summed E-state index contributed by atoms with van der Waals surface area (Å²) in [5.74, 6) is 0.00159. The molecule has 0 fully saturated rings. The van der Waals surface area contributed by atoms with Gasteiger partial charge in [-0.2, -0.15) is 5.26 Å². The number of carbonyl (C=O) groups is 1. The second-order valence-corrected chi connectivity index (χ2v) is 5.83. The standard InChI is InChI=1S/C16H17N3OS/c1-3-16(20)19-12-5-4-11(2)15(8-12)18-10-14-7-6-13(9-17)21-14/h4-8,18H,3,10H2,1-2H3,(H,19,20). The zero-order chi connectivity index (χ0) is 15.2. The molecule has 0 spiro atoms. The SMILES string of the molecule is CCC(=O)Nc1ccc(C)c(NCc2ccc(C#N)s2)c1. The molecular formula is C16H17N3OS. The molecule has 0 radical (unpaired) electrons. The summed E-state index contributed by atoms with van der Waals surface area (Å²) in [5.41, 5.74) is 2.89. The summed E-state index contributed by atoms with van der Waals surface area (Å²) in [6.45, 7) is 4.51. The lowest BCUT2D eigenvalue weighted by Crippen LogP contribution is -2.10. The number of amides is 1. The van der Waals surface area contributed by atoms with Crippen molar-refractivity contribution in [2.24, 2.45) is 0 Å². The Kier molecular flexibility index (Phi) is 4.96. The van der Waals surface area contributed by atoms with E-state index in [9.17, 15) is 4.79 Å². The van der Waals surface area contributed by atoms with Crippen LogP contribution in [0, 0.1) is 18.3 Å². The molecule has 5 heteroatoms. The zero-order valence-electron chi connectivity index (χ0n) is 12.1. The number of aryl methyl sites for hydroxylation is 1. The Labute approximate surface area is 128 Å². The number of anilines is 2. The largest absolute Gasteiger partial charge is 0.380 e. The topological polar surface area (TPSA) is 64.9 Å². The molecule has 1 amide bonds. The molecule has 0 aliphatic heterocycles. The number of benzene rings is 1. The highest BCUT2D eigenvalue weighted by Crippen LogP contribution is 2.23. The van der Waals surface area contributed by atoms with E-state index in [-0.39, 0.29) is 5.91 Å². The first-order chi connectivity index (χ1) is 10.1. The van der Waals surface area contributed by atoms with Crippen molar-refractivity contribution < 1.29 is 4.79 Å². The Morgan fingerprint density at radius 1 is 1.33 bits per heavy atom. The number of carbonyl (C=O) groups excluding carboxylic acids is 1. The number of nitrogens with zero attached hydrogens (tertiary/aromatic N) is 1. The first kappa shape index (κ1) is 15.1. The molecule has 21 heavy (non-hydrogen) atoms. The fourth-order valence-corrected chi connectivity index (χ4v) is 2.60. The van der Waals surface area contributed by atoms with Crippen LogP contribution in [-0.4, -0.2) is 5.91 Å². The summed E-state index contributed by atoms with van der Waals surface area (Å²) in [5, 5.41) is 15.0. The molecule has 2 rings (SSSR count). The molecule has 4 nitrogen and oxygen atoms in total. The molecule has 0 saturated carbocycles. The van der Waals surface area contributed by atoms with E-state index < -0.39 is 0 Å². The quantitative estimate of drug-likeness (QED) is 0.880. The van der Waals surface area contributed by atoms with E-state index in [0.29, 0.717) is 17.8 Å². The first-order valence-electron chi connectivity index (χ1n) is 6.75. The average molecular weight is 299 g/mol. The van der Waals surface area contributed by atoms with E-state index in [1.165, 1.54) is 11.3 Å². The number of hydrogen-bond donors (Lipinski definition) is 2. The Balaban J connectivity index is 2.06. The van der Waals surface area contributed by atoms with Gasteiger partial charge in [-0.1, -0.05) is 13.0 Å². The Hall–Kier alpha value is -2.32. The fraction of sp³-hybridized carbons (Fsp3) is 0.250. The number of rotatable bonds is 5. The number of thiophene rings is 1. The van der Waals surface area contributed by atoms with Gasteiger partial charge in [0.25, 0.3) is 0 Å². The lowest BCUT2D eigenvalue weighted by molar-refractivity contribution is -0.115. The molecule has 108 valence electrons. The van der Waals surface area contributed by atoms with Crippen LogP contribution in [-0.2, 0) is 11.3 Å². The molecule has 2 aromatic rings. The van der Waals surface area contributed by atoms with Crippen LogP contribution in [0.4, 0.5) is 11.4 Å². The van der Waals surface area contributed by atoms with Gasteiger partial charge in [0.1, 0.15) is 10.9 Å². The van der Waals surface area contributed by atoms with E-state index in [1.807, 2.05) is 44.2 Å². The van der Waals surface area contributed by atoms with E-state index in [0.717, 1.165) is 21.8 Å². The van der Waals surface area contributed by atoms with E-state index in [2.05, 4.69) is 16.7 Å². The molecule has 0 unspecified atom stereocenters. The van der Waals surface area contributed by atoms with Gasteiger partial charge in [-0.05, 0) is 36.8 Å². The van der Waals surface area contributed by atoms with Gasteiger partial charge < -0.3 is 10.6 Å². The average Bonchev–Trinajstić information content (AvgIpc) is 2.95. The lowest BCUT2D eigenvalue weighted by Gasteiger charge is -2.11. The van der Waals surface area contributed by atoms with Gasteiger partial charge in [0, 0.05) is 29.2 Å². The Morgan fingerprint density at radius 2 is 2.14 bits per heavy atom. The predicted octanol–water partition coefficient (Wildman–Crippen LogP) is 3.89. The maximum absolute atomic E-state index is 11.4. The third-order valence-corrected chi connectivity index (χ3v) is 4.06. The van der Waals surface area contributed by atoms with Crippen molar-refractivity contribution in [1.82, 2.24) is 0 Å². The van der Waals surface area contributed by atoms with Gasteiger partial charge >= 0.3 is 0 Å². The Bertz CT molecular complexity index is 685. The summed E-state index contributed by atoms with van der Waals surface area (Å²) in [6.07, 6.45) is 0.461. The lowest BCUT2D eigenvalue weighted by atomic mass is 10.1. The van der Waals surface area contributed by atoms with Gasteiger partial charge in [0.05, 0.1) is 0 Å². The minimum atomic E-state index is 0.00159. The molecule has 2 N–H and O–H groups in total. The zero-order valence-corrected chi connectivity index (χ0v) is 12.9. The van der Waals surface area contributed by atoms with Crippen LogP contribution >= 0.6 is 11.3 Å². The number of nitriles is 1. The monoisotopic (exact) mass is 299 g/mol. The highest BCUT2D eigenvalue weighted by atomic mass is 32.1. The van der Waals surface area contributed by atoms with Crippen molar-refractivity contribution in [3.05, 3.63) is 45.6 Å². The highest BCUT2D eigenvalue weighted by molar-refractivity contribution is 7.12. The van der Waals surface area contributed by atoms with Crippen molar-refractivity contribution in [2.75, 3.05) is 10.6 Å². The van der Waals surface area contributed by atoms with Crippen molar-refractivity contribution in [2.45, 2.75) is 26.8 Å². The van der Waals surface area contributed by atoms with Gasteiger partial charge in [0.15, 0.2) is 0 Å². The Morgan fingerprint density at radius 3 is 2.81 bits per heavy atom. The predicted molar refractivity (Wildman–Crippen MR) is 86.5 cm³/mol. The van der Waals surface area contributed by atoms with Gasteiger partial charge in [-0.15, -0.1) is 11.3 Å². The highest BCUT2D eigenvalue weighted by Gasteiger charge is 2.04. The molecule has 0 saturated heterocycles. The molecule has 1 aromatic carbocycles. The van der Waals surface area contributed by atoms with E-state index in [1.54, 1.807) is 0 Å². The molecular weight excluding hydrogens is 282 g/mol. The van der Waals surface area contributed by atoms with Crippen LogP contribution < -0.4 is 10.6 Å². The maximum Gasteiger partial charge on any atom is 0.224 e. The van der Waals surface area contributed by atoms with Crippen LogP contribution in [0.25, 0.3) is 0 Å². The number of hydrogen-bond acceptors (Lipinski definition) is 4. The minimum Gasteiger partial charge on any atom is -0.380 e. The van der Waals surface area contributed by atoms with Crippen LogP contribution in [0.2, 0.25) is 0 Å². The van der Waals surface area contributed by atoms with E-state index >= 15 is 0 Å². The summed E-state index contributed by atoms with van der Waals surface area (Å²) in [7, 11) is 0. The maximum atomic E-state index is 11.4. The first-order valence-corrected chi connectivity index (χ1v) is 7.57. The van der Waals surface area contributed by atoms with Crippen LogP contribution in [0.5, 0.6) is 0 Å². The summed E-state index contributed by atoms with van der Waals surface area (Å²) in [6, 6.07) is 11.7. The third-order valence-electron chi connectivity index (χ3n) is 3.07. The van der Waals surface area contributed by atoms with Crippen LogP contribution in [0.15, 0.2) is 30.3 Å². The van der Waals surface area contributed by atoms with Crippen LogP contribution in [0.1, 0.15) is 28.7 Å². The minimum absolute atomic E-state index is 0.00159. The molecule has 0 atom stereocenters. The summed E-state index contributed by atoms with van der Waals surface area (Å²) in [4.78, 5) is 13.3. The summed E-state index contributed by atoms with van der Waals surface area (Å²) < 4.78 is 0. The molecule has 0 bridgehead atoms. The molecule has 0 aliphatic carbocycles. The van der Waals surface area contributed by atoms with Crippen molar-refractivity contribution in [3.8, 4) is 6.07 Å². The summed E-state index contributed by atoms with van der Waals surface area (Å²) >= 11 is 1.48. The molecule has 1 heterocycles. The normalized spacial score (nSPS) is 9.95. The van der Waals surface area contributed by atoms with Gasteiger partial charge in [-0.25, -0.2) is 0 Å². The molecule has 0 aliphatic rings. The van der Waals surface area contributed by atoms with Gasteiger partial charge in [-0.3, -0.25) is 4.79 Å². The second-order valence-electron chi connectivity index (χ2n) is 4.66. The fourth-order valence-electron chi connectivity index (χ4n) is 1.85. The smallest absolute Gasteiger partial charge is 0.224 e. The van der Waals surface area contributed by atoms with Gasteiger partial charge in [0.2, 0.25) is 5.91 Å². The van der Waals surface area contributed by atoms with Crippen molar-refractivity contribution >= 4 is 28.6 Å². The third kappa shape index (κ3) is 4.07. The van der Waals surface area contributed by atoms with Crippen LogP contribution in [0.3, 0.4) is 0 Å². The van der Waals surface area contributed by atoms with Crippen molar-refractivity contribution in [1.29, 1.82) is 5.26 Å². The molecule has 1 aromatic heterocycles. The van der Waals surface area contributed by atoms with E-state index in [4.69, 9.17) is 5.26 Å². The second kappa shape index (κ2) is 6.91.